The molecule has 0 unspecified atom stereocenters. The molecule has 0 saturated heterocycles. The predicted octanol–water partition coefficient (Wildman–Crippen LogP) is 3.82. The van der Waals surface area contributed by atoms with E-state index in [-0.39, 0.29) is 22.7 Å². The third-order valence-electron chi connectivity index (χ3n) is 3.12. The first-order chi connectivity index (χ1) is 9.45. The van der Waals surface area contributed by atoms with Gasteiger partial charge in [-0.1, -0.05) is 6.07 Å². The third kappa shape index (κ3) is 2.41. The summed E-state index contributed by atoms with van der Waals surface area (Å²) in [7, 11) is 1.37. The van der Waals surface area contributed by atoms with Crippen molar-refractivity contribution in [2.75, 3.05) is 7.11 Å². The van der Waals surface area contributed by atoms with Crippen molar-refractivity contribution in [2.45, 2.75) is 13.8 Å². The predicted molar refractivity (Wildman–Crippen MR) is 72.3 cm³/mol. The molecular formula is C16H14F2O2. The molecule has 2 rings (SSSR count). The van der Waals surface area contributed by atoms with Crippen LogP contribution in [0.15, 0.2) is 30.3 Å². The minimum atomic E-state index is -0.658. The molecule has 2 aromatic carbocycles. The average molecular weight is 276 g/mol. The third-order valence-corrected chi connectivity index (χ3v) is 3.12. The molecule has 0 bridgehead atoms. The second-order valence-corrected chi connectivity index (χ2v) is 4.57. The van der Waals surface area contributed by atoms with E-state index in [9.17, 15) is 13.6 Å². The fourth-order valence-electron chi connectivity index (χ4n) is 2.12. The molecule has 0 amide bonds. The van der Waals surface area contributed by atoms with Crippen LogP contribution in [0.25, 0.3) is 0 Å². The summed E-state index contributed by atoms with van der Waals surface area (Å²) in [6.07, 6.45) is 0. The van der Waals surface area contributed by atoms with Gasteiger partial charge in [-0.25, -0.2) is 8.78 Å². The van der Waals surface area contributed by atoms with Crippen LogP contribution in [0.3, 0.4) is 0 Å². The molecule has 0 aliphatic heterocycles. The van der Waals surface area contributed by atoms with Crippen LogP contribution in [0.1, 0.15) is 27.0 Å². The van der Waals surface area contributed by atoms with E-state index in [0.717, 1.165) is 0 Å². The van der Waals surface area contributed by atoms with E-state index in [1.807, 2.05) is 0 Å². The number of benzene rings is 2. The molecule has 0 N–H and O–H groups in total. The van der Waals surface area contributed by atoms with Crippen LogP contribution in [0, 0.1) is 25.5 Å². The summed E-state index contributed by atoms with van der Waals surface area (Å²) in [5, 5.41) is 0. The lowest BCUT2D eigenvalue weighted by molar-refractivity contribution is 0.103. The van der Waals surface area contributed by atoms with E-state index in [1.165, 1.54) is 37.4 Å². The first kappa shape index (κ1) is 14.2. The maximum Gasteiger partial charge on any atom is 0.199 e. The van der Waals surface area contributed by atoms with Crippen LogP contribution in [0.5, 0.6) is 5.75 Å². The highest BCUT2D eigenvalue weighted by molar-refractivity contribution is 6.11. The van der Waals surface area contributed by atoms with E-state index < -0.39 is 11.6 Å². The SMILES string of the molecule is COc1cccc(F)c1C(=O)c1cc(C)c(F)c(C)c1. The van der Waals surface area contributed by atoms with E-state index in [1.54, 1.807) is 13.8 Å². The van der Waals surface area contributed by atoms with Gasteiger partial charge < -0.3 is 4.74 Å². The number of hydrogen-bond acceptors (Lipinski definition) is 2. The molecule has 0 radical (unpaired) electrons. The van der Waals surface area contributed by atoms with Crippen molar-refractivity contribution < 1.29 is 18.3 Å². The highest BCUT2D eigenvalue weighted by Gasteiger charge is 2.20. The minimum Gasteiger partial charge on any atom is -0.496 e. The highest BCUT2D eigenvalue weighted by atomic mass is 19.1. The molecule has 2 nitrogen and oxygen atoms in total. The summed E-state index contributed by atoms with van der Waals surface area (Å²) < 4.78 is 32.5. The van der Waals surface area contributed by atoms with Crippen molar-refractivity contribution >= 4 is 5.78 Å². The molecule has 0 atom stereocenters. The van der Waals surface area contributed by atoms with Crippen LogP contribution in [-0.2, 0) is 0 Å². The van der Waals surface area contributed by atoms with Gasteiger partial charge in [0.15, 0.2) is 5.78 Å². The fraction of sp³-hybridized carbons (Fsp3) is 0.188. The summed E-state index contributed by atoms with van der Waals surface area (Å²) in [6.45, 7) is 3.13. The monoisotopic (exact) mass is 276 g/mol. The first-order valence-electron chi connectivity index (χ1n) is 6.09. The number of halogens is 2. The zero-order valence-corrected chi connectivity index (χ0v) is 11.5. The van der Waals surface area contributed by atoms with Crippen molar-refractivity contribution in [1.82, 2.24) is 0 Å². The standard InChI is InChI=1S/C16H14F2O2/c1-9-7-11(8-10(2)15(9)18)16(19)14-12(17)5-4-6-13(14)20-3/h4-8H,1-3H3. The second-order valence-electron chi connectivity index (χ2n) is 4.57. The van der Waals surface area contributed by atoms with Gasteiger partial charge in [-0.15, -0.1) is 0 Å². The number of ether oxygens (including phenoxy) is 1. The smallest absolute Gasteiger partial charge is 0.199 e. The van der Waals surface area contributed by atoms with Crippen LogP contribution in [-0.4, -0.2) is 12.9 Å². The molecule has 104 valence electrons. The molecule has 2 aromatic rings. The van der Waals surface area contributed by atoms with Gasteiger partial charge in [0.05, 0.1) is 7.11 Å². The number of hydrogen-bond donors (Lipinski definition) is 0. The molecule has 0 aromatic heterocycles. The normalized spacial score (nSPS) is 10.4. The Morgan fingerprint density at radius 1 is 1.10 bits per heavy atom. The molecule has 0 saturated carbocycles. The molecule has 4 heteroatoms. The topological polar surface area (TPSA) is 26.3 Å². The van der Waals surface area contributed by atoms with Crippen LogP contribution < -0.4 is 4.74 Å². The Kier molecular flexibility index (Phi) is 3.84. The van der Waals surface area contributed by atoms with Gasteiger partial charge in [0, 0.05) is 5.56 Å². The zero-order chi connectivity index (χ0) is 14.9. The Morgan fingerprint density at radius 2 is 1.70 bits per heavy atom. The van der Waals surface area contributed by atoms with Crippen molar-refractivity contribution in [3.63, 3.8) is 0 Å². The number of carbonyl (C=O) groups excluding carboxylic acids is 1. The fourth-order valence-corrected chi connectivity index (χ4v) is 2.12. The van der Waals surface area contributed by atoms with E-state index in [0.29, 0.717) is 11.1 Å². The largest absolute Gasteiger partial charge is 0.496 e. The lowest BCUT2D eigenvalue weighted by atomic mass is 9.98. The molecule has 20 heavy (non-hydrogen) atoms. The highest BCUT2D eigenvalue weighted by Crippen LogP contribution is 2.25. The summed E-state index contributed by atoms with van der Waals surface area (Å²) in [4.78, 5) is 12.4. The number of methoxy groups -OCH3 is 1. The number of carbonyl (C=O) groups is 1. The van der Waals surface area contributed by atoms with E-state index in [2.05, 4.69) is 0 Å². The average Bonchev–Trinajstić information content (AvgIpc) is 2.43. The summed E-state index contributed by atoms with van der Waals surface area (Å²) in [5.41, 5.74) is 0.803. The first-order valence-corrected chi connectivity index (χ1v) is 6.09. The molecule has 0 heterocycles. The van der Waals surface area contributed by atoms with Crippen molar-refractivity contribution in [3.8, 4) is 5.75 Å². The van der Waals surface area contributed by atoms with Gasteiger partial charge in [-0.3, -0.25) is 4.79 Å². The summed E-state index contributed by atoms with van der Waals surface area (Å²) >= 11 is 0. The van der Waals surface area contributed by atoms with Gasteiger partial charge >= 0.3 is 0 Å². The van der Waals surface area contributed by atoms with Crippen molar-refractivity contribution in [1.29, 1.82) is 0 Å². The van der Waals surface area contributed by atoms with Gasteiger partial charge in [0.1, 0.15) is 22.9 Å². The van der Waals surface area contributed by atoms with Gasteiger partial charge in [-0.05, 0) is 49.2 Å². The van der Waals surface area contributed by atoms with Gasteiger partial charge in [-0.2, -0.15) is 0 Å². The van der Waals surface area contributed by atoms with E-state index >= 15 is 0 Å². The molecule has 0 fully saturated rings. The summed E-state index contributed by atoms with van der Waals surface area (Å²) in [6, 6.07) is 7.00. The molecule has 0 aliphatic rings. The minimum absolute atomic E-state index is 0.139. The van der Waals surface area contributed by atoms with E-state index in [4.69, 9.17) is 4.74 Å². The maximum atomic E-state index is 13.9. The number of rotatable bonds is 3. The lowest BCUT2D eigenvalue weighted by Crippen LogP contribution is -2.08. The maximum absolute atomic E-state index is 13.9. The lowest BCUT2D eigenvalue weighted by Gasteiger charge is -2.10. The van der Waals surface area contributed by atoms with Crippen molar-refractivity contribution in [3.05, 3.63) is 64.2 Å². The van der Waals surface area contributed by atoms with Crippen LogP contribution in [0.4, 0.5) is 8.78 Å². The van der Waals surface area contributed by atoms with Gasteiger partial charge in [0.2, 0.25) is 0 Å². The Hall–Kier alpha value is -2.23. The number of ketones is 1. The molecule has 0 aliphatic carbocycles. The Labute approximate surface area is 116 Å². The summed E-state index contributed by atoms with van der Waals surface area (Å²) in [5.74, 6) is -1.38. The van der Waals surface area contributed by atoms with Gasteiger partial charge in [0.25, 0.3) is 0 Å². The molecule has 0 spiro atoms. The van der Waals surface area contributed by atoms with Crippen LogP contribution in [0.2, 0.25) is 0 Å². The molecular weight excluding hydrogens is 262 g/mol. The Morgan fingerprint density at radius 3 is 2.25 bits per heavy atom. The van der Waals surface area contributed by atoms with Crippen molar-refractivity contribution in [2.24, 2.45) is 0 Å². The Bertz CT molecular complexity index is 655. The van der Waals surface area contributed by atoms with Crippen LogP contribution >= 0.6 is 0 Å². The Balaban J connectivity index is 2.58. The second kappa shape index (κ2) is 5.41. The zero-order valence-electron chi connectivity index (χ0n) is 11.5. The number of aryl methyl sites for hydroxylation is 2. The quantitative estimate of drug-likeness (QED) is 0.797.